The van der Waals surface area contributed by atoms with Crippen molar-refractivity contribution in [1.29, 1.82) is 0 Å². The Labute approximate surface area is 51.1 Å². The van der Waals surface area contributed by atoms with Gasteiger partial charge in [-0.25, -0.2) is 0 Å². The van der Waals surface area contributed by atoms with Crippen molar-refractivity contribution in [3.05, 3.63) is 0 Å². The Morgan fingerprint density at radius 1 is 1.62 bits per heavy atom. The summed E-state index contributed by atoms with van der Waals surface area (Å²) in [6, 6.07) is 0.598. The first kappa shape index (κ1) is 4.94. The highest BCUT2D eigenvalue weighted by Gasteiger charge is 2.36. The molecule has 2 rings (SSSR count). The quantitative estimate of drug-likeness (QED) is 0.479. The monoisotopic (exact) mass is 131 g/mol. The minimum atomic E-state index is -0.473. The maximum atomic E-state index is 10.9. The van der Waals surface area contributed by atoms with Crippen molar-refractivity contribution in [2.75, 3.05) is 12.3 Å². The lowest BCUT2D eigenvalue weighted by Gasteiger charge is -2.08. The lowest BCUT2D eigenvalue weighted by molar-refractivity contribution is 0.648. The molecule has 2 fully saturated rings. The van der Waals surface area contributed by atoms with Crippen LogP contribution in [0.25, 0.3) is 0 Å². The predicted molar refractivity (Wildman–Crippen MR) is 33.2 cm³/mol. The van der Waals surface area contributed by atoms with Gasteiger partial charge in [0.2, 0.25) is 0 Å². The number of fused-ring (bicyclic) bond motifs is 2. The van der Waals surface area contributed by atoms with Crippen molar-refractivity contribution in [2.45, 2.75) is 17.7 Å². The summed E-state index contributed by atoms with van der Waals surface area (Å²) < 4.78 is 10.9. The molecule has 1 N–H and O–H groups in total. The summed E-state index contributed by atoms with van der Waals surface area (Å²) in [5, 5.41) is 3.79. The summed E-state index contributed by atoms with van der Waals surface area (Å²) in [7, 11) is -0.473. The zero-order valence-electron chi connectivity index (χ0n) is 4.59. The summed E-state index contributed by atoms with van der Waals surface area (Å²) in [4.78, 5) is 0. The molecule has 0 saturated carbocycles. The average molecular weight is 131 g/mol. The van der Waals surface area contributed by atoms with Crippen LogP contribution in [-0.2, 0) is 10.8 Å². The number of hydrogen-bond donors (Lipinski definition) is 1. The van der Waals surface area contributed by atoms with Crippen LogP contribution in [0.3, 0.4) is 0 Å². The molecule has 0 radical (unpaired) electrons. The van der Waals surface area contributed by atoms with Crippen molar-refractivity contribution in [2.24, 2.45) is 0 Å². The summed E-state index contributed by atoms with van der Waals surface area (Å²) in [6.45, 7) is 0.997. The summed E-state index contributed by atoms with van der Waals surface area (Å²) in [5.74, 6) is 0.907. The number of rotatable bonds is 0. The molecule has 0 aromatic heterocycles. The average Bonchev–Trinajstić information content (AvgIpc) is 2.23. The maximum Gasteiger partial charge on any atom is 0.0488 e. The summed E-state index contributed by atoms with van der Waals surface area (Å²) >= 11 is 0. The first-order chi connectivity index (χ1) is 3.86. The zero-order chi connectivity index (χ0) is 5.56. The Kier molecular flexibility index (Phi) is 0.954. The number of hydrogen-bond acceptors (Lipinski definition) is 2. The molecule has 46 valence electrons. The zero-order valence-corrected chi connectivity index (χ0v) is 5.41. The van der Waals surface area contributed by atoms with Gasteiger partial charge in [0, 0.05) is 34.4 Å². The van der Waals surface area contributed by atoms with Crippen molar-refractivity contribution in [1.82, 2.24) is 5.32 Å². The SMILES string of the molecule is O=[S@@]1C[C@@H]2C[C@H]1CN2. The molecule has 3 atom stereocenters. The molecule has 2 nitrogen and oxygen atoms in total. The second kappa shape index (κ2) is 1.54. The molecule has 0 spiro atoms. The van der Waals surface area contributed by atoms with Crippen molar-refractivity contribution in [3.8, 4) is 0 Å². The fraction of sp³-hybridized carbons (Fsp3) is 1.00. The Morgan fingerprint density at radius 3 is 2.75 bits per heavy atom. The lowest BCUT2D eigenvalue weighted by atomic mass is 10.3. The van der Waals surface area contributed by atoms with Crippen LogP contribution >= 0.6 is 0 Å². The van der Waals surface area contributed by atoms with Gasteiger partial charge >= 0.3 is 0 Å². The highest BCUT2D eigenvalue weighted by atomic mass is 32.2. The Morgan fingerprint density at radius 2 is 2.50 bits per heavy atom. The van der Waals surface area contributed by atoms with Gasteiger partial charge < -0.3 is 5.32 Å². The van der Waals surface area contributed by atoms with Crippen LogP contribution in [-0.4, -0.2) is 27.8 Å². The van der Waals surface area contributed by atoms with Gasteiger partial charge in [-0.15, -0.1) is 0 Å². The molecule has 0 amide bonds. The third-order valence-corrected chi connectivity index (χ3v) is 3.75. The van der Waals surface area contributed by atoms with Crippen LogP contribution in [0.5, 0.6) is 0 Å². The van der Waals surface area contributed by atoms with Crippen molar-refractivity contribution in [3.63, 3.8) is 0 Å². The van der Waals surface area contributed by atoms with E-state index in [4.69, 9.17) is 0 Å². The van der Waals surface area contributed by atoms with E-state index in [1.165, 1.54) is 0 Å². The molecular formula is C5H9NOS. The van der Waals surface area contributed by atoms with Gasteiger partial charge in [-0.05, 0) is 6.42 Å². The van der Waals surface area contributed by atoms with Gasteiger partial charge in [0.15, 0.2) is 0 Å². The maximum absolute atomic E-state index is 10.9. The van der Waals surface area contributed by atoms with Crippen molar-refractivity contribution < 1.29 is 4.21 Å². The Hall–Kier alpha value is 0.110. The molecule has 2 heterocycles. The second-order valence-electron chi connectivity index (χ2n) is 2.51. The lowest BCUT2D eigenvalue weighted by Crippen LogP contribution is -2.32. The normalized spacial score (nSPS) is 52.8. The molecule has 2 aliphatic heterocycles. The van der Waals surface area contributed by atoms with Crippen LogP contribution in [0.15, 0.2) is 0 Å². The highest BCUT2D eigenvalue weighted by molar-refractivity contribution is 7.86. The van der Waals surface area contributed by atoms with Crippen LogP contribution in [0, 0.1) is 0 Å². The van der Waals surface area contributed by atoms with Crippen LogP contribution in [0.4, 0.5) is 0 Å². The van der Waals surface area contributed by atoms with E-state index < -0.39 is 10.8 Å². The van der Waals surface area contributed by atoms with E-state index in [1.807, 2.05) is 0 Å². The third-order valence-electron chi connectivity index (χ3n) is 1.92. The van der Waals surface area contributed by atoms with E-state index in [2.05, 4.69) is 5.32 Å². The van der Waals surface area contributed by atoms with Crippen LogP contribution in [0.2, 0.25) is 0 Å². The molecular weight excluding hydrogens is 122 g/mol. The molecule has 0 unspecified atom stereocenters. The van der Waals surface area contributed by atoms with E-state index in [0.717, 1.165) is 18.7 Å². The van der Waals surface area contributed by atoms with Gasteiger partial charge in [-0.2, -0.15) is 0 Å². The van der Waals surface area contributed by atoms with Gasteiger partial charge in [-0.3, -0.25) is 4.21 Å². The van der Waals surface area contributed by atoms with E-state index >= 15 is 0 Å². The van der Waals surface area contributed by atoms with E-state index in [-0.39, 0.29) is 0 Å². The van der Waals surface area contributed by atoms with E-state index in [1.54, 1.807) is 0 Å². The highest BCUT2D eigenvalue weighted by Crippen LogP contribution is 2.21. The molecule has 3 heteroatoms. The molecule has 2 aliphatic rings. The van der Waals surface area contributed by atoms with Gasteiger partial charge in [0.05, 0.1) is 0 Å². The standard InChI is InChI=1S/C5H9NOS/c7-8-3-4-1-5(8)2-6-4/h4-6H,1-3H2/t4-,5-,8+/m0/s1. The molecule has 0 aromatic carbocycles. The molecule has 0 aliphatic carbocycles. The van der Waals surface area contributed by atoms with Gasteiger partial charge in [0.25, 0.3) is 0 Å². The molecule has 8 heavy (non-hydrogen) atoms. The summed E-state index contributed by atoms with van der Waals surface area (Å²) in [6.07, 6.45) is 1.16. The fourth-order valence-electron chi connectivity index (χ4n) is 1.44. The molecule has 2 saturated heterocycles. The minimum absolute atomic E-state index is 0.473. The second-order valence-corrected chi connectivity index (χ2v) is 4.27. The first-order valence-corrected chi connectivity index (χ1v) is 4.35. The third kappa shape index (κ3) is 0.545. The predicted octanol–water partition coefficient (Wildman–Crippen LogP) is -0.521. The fourth-order valence-corrected chi connectivity index (χ4v) is 3.10. The molecule has 2 bridgehead atoms. The smallest absolute Gasteiger partial charge is 0.0488 e. The van der Waals surface area contributed by atoms with E-state index in [0.29, 0.717) is 11.3 Å². The minimum Gasteiger partial charge on any atom is -0.312 e. The first-order valence-electron chi connectivity index (χ1n) is 2.97. The summed E-state index contributed by atoms with van der Waals surface area (Å²) in [5.41, 5.74) is 0. The largest absolute Gasteiger partial charge is 0.312 e. The van der Waals surface area contributed by atoms with E-state index in [9.17, 15) is 4.21 Å². The van der Waals surface area contributed by atoms with Gasteiger partial charge in [-0.1, -0.05) is 0 Å². The number of nitrogens with one attached hydrogen (secondary N) is 1. The molecule has 0 aromatic rings. The topological polar surface area (TPSA) is 29.1 Å². The van der Waals surface area contributed by atoms with Crippen LogP contribution in [0.1, 0.15) is 6.42 Å². The Bertz CT molecular complexity index is 136. The van der Waals surface area contributed by atoms with Crippen LogP contribution < -0.4 is 5.32 Å². The van der Waals surface area contributed by atoms with Crippen molar-refractivity contribution >= 4 is 10.8 Å². The van der Waals surface area contributed by atoms with Gasteiger partial charge in [0.1, 0.15) is 0 Å². The Balaban J connectivity index is 2.22.